The van der Waals surface area contributed by atoms with Crippen molar-refractivity contribution >= 4 is 89.0 Å². The molecule has 0 saturated carbocycles. The molecule has 0 aliphatic carbocycles. The maximum absolute atomic E-state index is 8.36. The third-order valence-corrected chi connectivity index (χ3v) is 0. The van der Waals surface area contributed by atoms with Gasteiger partial charge in [0.15, 0.2) is 0 Å². The zero-order valence-electron chi connectivity index (χ0n) is 2.52. The van der Waals surface area contributed by atoms with Crippen molar-refractivity contribution in [1.29, 1.82) is 0 Å². The Labute approximate surface area is 112 Å². The molecule has 0 aromatic carbocycles. The van der Waals surface area contributed by atoms with E-state index in [2.05, 4.69) is 13.6 Å². The van der Waals surface area contributed by atoms with Gasteiger partial charge in [0.05, 0.1) is 0 Å². The Morgan fingerprint density at radius 2 is 1.67 bits per heavy atom. The van der Waals surface area contributed by atoms with E-state index in [1.807, 2.05) is 0 Å². The summed E-state index contributed by atoms with van der Waals surface area (Å²) in [6, 6.07) is 0. The van der Waals surface area contributed by atoms with Gasteiger partial charge in [0.1, 0.15) is 0 Å². The van der Waals surface area contributed by atoms with Gasteiger partial charge < -0.3 is 5.11 Å². The zero-order valence-corrected chi connectivity index (χ0v) is 7.07. The molecule has 0 aromatic heterocycles. The van der Waals surface area contributed by atoms with E-state index in [9.17, 15) is 0 Å². The van der Waals surface area contributed by atoms with Crippen molar-refractivity contribution in [2.24, 2.45) is 0 Å². The summed E-state index contributed by atoms with van der Waals surface area (Å²) in [5, 5.41) is 6.89. The van der Waals surface area contributed by atoms with Gasteiger partial charge in [-0.15, -0.1) is 0 Å². The van der Waals surface area contributed by atoms with Crippen LogP contribution in [0.3, 0.4) is 0 Å². The molecular weight excluding hydrogens is 322 g/mol. The van der Waals surface area contributed by atoms with Crippen LogP contribution in [0.25, 0.3) is 0 Å². The molecular formula is CH3BrCsO2Zn. The van der Waals surface area contributed by atoms with Gasteiger partial charge in [0, 0.05) is 0 Å². The second-order valence-electron chi connectivity index (χ2n) is 0.105. The molecule has 0 aromatic rings. The number of rotatable bonds is 0. The molecule has 0 saturated heterocycles. The summed E-state index contributed by atoms with van der Waals surface area (Å²) in [7, 11) is 0. The Hall–Kier alpha value is 2.63. The monoisotopic (exact) mass is 323 g/mol. The van der Waals surface area contributed by atoms with Gasteiger partial charge in [-0.25, -0.2) is 0 Å². The topological polar surface area (TPSA) is 37.3 Å². The first-order chi connectivity index (χ1) is 2.41. The minimum absolute atomic E-state index is 0. The van der Waals surface area contributed by atoms with Crippen LogP contribution in [0.2, 0.25) is 0 Å². The van der Waals surface area contributed by atoms with Crippen molar-refractivity contribution in [2.75, 3.05) is 0 Å². The third kappa shape index (κ3) is 30.4. The summed E-state index contributed by atoms with van der Waals surface area (Å²) in [5.74, 6) is 0. The molecule has 0 unspecified atom stereocenters. The van der Waals surface area contributed by atoms with Crippen molar-refractivity contribution in [1.82, 2.24) is 0 Å². The number of hydrogen-bond acceptors (Lipinski definition) is 1. The first-order valence-corrected chi connectivity index (χ1v) is 7.71. The average molecular weight is 325 g/mol. The van der Waals surface area contributed by atoms with Gasteiger partial charge in [-0.2, -0.15) is 0 Å². The van der Waals surface area contributed by atoms with E-state index < -0.39 is 0 Å². The number of carbonyl (C=O) groups is 1. The van der Waals surface area contributed by atoms with Crippen LogP contribution in [0, 0.1) is 0 Å². The summed E-state index contributed by atoms with van der Waals surface area (Å²) >= 11 is 4.25. The van der Waals surface area contributed by atoms with E-state index in [0.717, 1.165) is 0 Å². The molecule has 0 rings (SSSR count). The molecule has 0 atom stereocenters. The Morgan fingerprint density at radius 1 is 1.67 bits per heavy atom. The van der Waals surface area contributed by atoms with Gasteiger partial charge in [-0.05, 0) is 0 Å². The van der Waals surface area contributed by atoms with E-state index in [1.54, 1.807) is 0 Å². The zero-order chi connectivity index (χ0) is 4.71. The fraction of sp³-hybridized carbons (Fsp3) is 0. The molecule has 0 heterocycles. The standard InChI is InChI=1S/CH2O2.BrH.Cs.Zn.H/c2-1-3;;;;/h1H,(H,2,3);1H;;;/q;;;+1;/p-1. The summed E-state index contributed by atoms with van der Waals surface area (Å²) in [4.78, 5) is 8.36. The van der Waals surface area contributed by atoms with Gasteiger partial charge in [-0.3, -0.25) is 4.79 Å². The van der Waals surface area contributed by atoms with Crippen molar-refractivity contribution in [3.8, 4) is 0 Å². The van der Waals surface area contributed by atoms with Gasteiger partial charge >= 0.3 is 98.9 Å². The van der Waals surface area contributed by atoms with Gasteiger partial charge in [0.2, 0.25) is 0 Å². The third-order valence-electron chi connectivity index (χ3n) is 0. The minimum atomic E-state index is -0.250. The molecule has 0 spiro atoms. The predicted molar refractivity (Wildman–Crippen MR) is 24.8 cm³/mol. The van der Waals surface area contributed by atoms with Crippen molar-refractivity contribution in [2.45, 2.75) is 0 Å². The molecule has 5 heteroatoms. The van der Waals surface area contributed by atoms with E-state index in [1.165, 1.54) is 16.3 Å². The van der Waals surface area contributed by atoms with Crippen LogP contribution < -0.4 is 0 Å². The van der Waals surface area contributed by atoms with Crippen LogP contribution in [0.1, 0.15) is 0 Å². The predicted octanol–water partition coefficient (Wildman–Crippen LogP) is -0.105. The van der Waals surface area contributed by atoms with Gasteiger partial charge in [0.25, 0.3) is 6.47 Å². The Morgan fingerprint density at radius 3 is 1.67 bits per heavy atom. The fourth-order valence-corrected chi connectivity index (χ4v) is 0. The molecule has 29 valence electrons. The molecule has 0 fully saturated rings. The second kappa shape index (κ2) is 25.5. The molecule has 0 aliphatic rings. The first kappa shape index (κ1) is 15.8. The van der Waals surface area contributed by atoms with E-state index in [-0.39, 0.29) is 75.4 Å². The van der Waals surface area contributed by atoms with Crippen LogP contribution in [0.4, 0.5) is 0 Å². The molecule has 2 nitrogen and oxygen atoms in total. The van der Waals surface area contributed by atoms with Crippen molar-refractivity contribution < 1.29 is 26.2 Å². The fourth-order valence-electron chi connectivity index (χ4n) is 0. The molecule has 0 amide bonds. The first-order valence-electron chi connectivity index (χ1n) is 0.761. The summed E-state index contributed by atoms with van der Waals surface area (Å²) < 4.78 is 0. The average Bonchev–Trinajstić information content (AvgIpc) is 1.46. The molecule has 0 radical (unpaired) electrons. The quantitative estimate of drug-likeness (QED) is 0.499. The van der Waals surface area contributed by atoms with E-state index in [0.29, 0.717) is 0 Å². The summed E-state index contributed by atoms with van der Waals surface area (Å²) in [6.45, 7) is -0.250. The maximum atomic E-state index is 8.36. The Kier molecular flexibility index (Phi) is 67.3. The van der Waals surface area contributed by atoms with E-state index >= 15 is 0 Å². The van der Waals surface area contributed by atoms with Gasteiger partial charge in [-0.1, -0.05) is 0 Å². The van der Waals surface area contributed by atoms with Crippen LogP contribution in [-0.4, -0.2) is 80.5 Å². The number of hydrogen-bond donors (Lipinski definition) is 1. The van der Waals surface area contributed by atoms with Crippen LogP contribution >= 0.6 is 13.6 Å². The summed E-state index contributed by atoms with van der Waals surface area (Å²) in [6.07, 6.45) is 0. The number of carboxylic acid groups (broad SMARTS) is 1. The van der Waals surface area contributed by atoms with Crippen molar-refractivity contribution in [3.63, 3.8) is 0 Å². The van der Waals surface area contributed by atoms with Crippen LogP contribution in [0.5, 0.6) is 0 Å². The molecule has 0 bridgehead atoms. The second-order valence-corrected chi connectivity index (χ2v) is 0.105. The van der Waals surface area contributed by atoms with Crippen LogP contribution in [-0.2, 0) is 21.1 Å². The molecule has 1 N–H and O–H groups in total. The van der Waals surface area contributed by atoms with Crippen LogP contribution in [0.15, 0.2) is 0 Å². The Balaban J connectivity index is -0.0000000275. The molecule has 6 heavy (non-hydrogen) atoms. The number of halogens is 1. The van der Waals surface area contributed by atoms with Crippen molar-refractivity contribution in [3.05, 3.63) is 0 Å². The molecule has 0 aliphatic heterocycles. The summed E-state index contributed by atoms with van der Waals surface area (Å²) in [5.41, 5.74) is 0. The Bertz CT molecular complexity index is 21.0. The van der Waals surface area contributed by atoms with E-state index in [4.69, 9.17) is 9.90 Å². The SMILES string of the molecule is O=CO.[CsH].[Zn][Br]. The normalized spacial score (nSPS) is 3.17.